The molecule has 0 fully saturated rings. The van der Waals surface area contributed by atoms with E-state index < -0.39 is 5.97 Å². The van der Waals surface area contributed by atoms with Gasteiger partial charge in [-0.3, -0.25) is 9.36 Å². The molecule has 0 unspecified atom stereocenters. The molecule has 1 aliphatic heterocycles. The smallest absolute Gasteiger partial charge is 0.352 e. The summed E-state index contributed by atoms with van der Waals surface area (Å²) in [5.41, 5.74) is 7.43. The normalized spacial score (nSPS) is 14.0. The molecule has 0 spiro atoms. The topological polar surface area (TPSA) is 115 Å². The van der Waals surface area contributed by atoms with E-state index >= 15 is 0 Å². The van der Waals surface area contributed by atoms with Crippen LogP contribution in [0.4, 0.5) is 4.39 Å². The van der Waals surface area contributed by atoms with Crippen LogP contribution in [0.3, 0.4) is 0 Å². The summed E-state index contributed by atoms with van der Waals surface area (Å²) < 4.78 is 43.4. The van der Waals surface area contributed by atoms with Crippen LogP contribution in [0.1, 0.15) is 50.8 Å². The first-order valence-electron chi connectivity index (χ1n) is 17.8. The highest BCUT2D eigenvalue weighted by molar-refractivity contribution is 6.35. The number of halogens is 2. The number of hydrogen-bond donors (Lipinski definition) is 1. The predicted molar refractivity (Wildman–Crippen MR) is 200 cm³/mol. The maximum atomic E-state index is 14.4. The lowest BCUT2D eigenvalue weighted by Gasteiger charge is -2.13. The summed E-state index contributed by atoms with van der Waals surface area (Å²) in [4.78, 5) is 12.9. The lowest BCUT2D eigenvalue weighted by atomic mass is 9.98. The zero-order valence-electron chi connectivity index (χ0n) is 30.4. The average molecular weight is 744 g/mol. The van der Waals surface area contributed by atoms with Crippen molar-refractivity contribution >= 4 is 39.2 Å². The zero-order chi connectivity index (χ0) is 37.2. The van der Waals surface area contributed by atoms with Crippen molar-refractivity contribution in [2.75, 3.05) is 33.5 Å². The van der Waals surface area contributed by atoms with Gasteiger partial charge in [-0.15, -0.1) is 0 Å². The lowest BCUT2D eigenvalue weighted by molar-refractivity contribution is 0.0648. The molecule has 13 heteroatoms. The van der Waals surface area contributed by atoms with Gasteiger partial charge in [-0.25, -0.2) is 9.18 Å². The second-order valence-corrected chi connectivity index (χ2v) is 13.8. The van der Waals surface area contributed by atoms with E-state index in [1.807, 2.05) is 53.7 Å². The Kier molecular flexibility index (Phi) is 10.8. The van der Waals surface area contributed by atoms with Crippen LogP contribution < -0.4 is 4.74 Å². The second-order valence-electron chi connectivity index (χ2n) is 13.4. The molecule has 0 saturated carbocycles. The van der Waals surface area contributed by atoms with E-state index in [9.17, 15) is 14.3 Å². The van der Waals surface area contributed by atoms with Crippen LogP contribution in [0, 0.1) is 12.7 Å². The van der Waals surface area contributed by atoms with Crippen molar-refractivity contribution in [3.8, 4) is 16.9 Å². The summed E-state index contributed by atoms with van der Waals surface area (Å²) in [6.07, 6.45) is 2.39. The Morgan fingerprint density at radius 1 is 0.981 bits per heavy atom. The van der Waals surface area contributed by atoms with Gasteiger partial charge in [-0.1, -0.05) is 23.7 Å². The molecule has 0 radical (unpaired) electrons. The predicted octanol–water partition coefficient (Wildman–Crippen LogP) is 7.22. The Morgan fingerprint density at radius 3 is 2.62 bits per heavy atom. The molecule has 3 aromatic carbocycles. The van der Waals surface area contributed by atoms with Gasteiger partial charge in [-0.2, -0.15) is 10.2 Å². The van der Waals surface area contributed by atoms with Gasteiger partial charge in [-0.05, 0) is 85.5 Å². The fourth-order valence-electron chi connectivity index (χ4n) is 7.47. The number of ether oxygens (including phenoxy) is 4. The molecule has 0 amide bonds. The number of fused-ring (bicyclic) bond motifs is 8. The van der Waals surface area contributed by atoms with E-state index in [0.29, 0.717) is 91.8 Å². The van der Waals surface area contributed by atoms with Crippen LogP contribution in [0.2, 0.25) is 5.02 Å². The van der Waals surface area contributed by atoms with Gasteiger partial charge in [0.1, 0.15) is 17.3 Å². The summed E-state index contributed by atoms with van der Waals surface area (Å²) in [6.45, 7) is 4.61. The van der Waals surface area contributed by atoms with Crippen molar-refractivity contribution in [2.24, 2.45) is 14.1 Å². The molecule has 53 heavy (non-hydrogen) atoms. The minimum Gasteiger partial charge on any atom is -0.493 e. The Bertz CT molecular complexity index is 2310. The van der Waals surface area contributed by atoms with E-state index in [2.05, 4.69) is 0 Å². The highest BCUT2D eigenvalue weighted by Gasteiger charge is 2.28. The zero-order valence-corrected chi connectivity index (χ0v) is 31.1. The number of methoxy groups -OCH3 is 1. The van der Waals surface area contributed by atoms with Crippen LogP contribution in [0.5, 0.6) is 5.75 Å². The Morgan fingerprint density at radius 2 is 1.81 bits per heavy atom. The molecular weight excluding hydrogens is 701 g/mol. The van der Waals surface area contributed by atoms with Gasteiger partial charge in [0.05, 0.1) is 68.1 Å². The van der Waals surface area contributed by atoms with E-state index in [0.717, 1.165) is 44.4 Å². The SMILES string of the molecule is COCCOCCn1nc2c(c1C)-c1c(Cl)ccc3c(c(C(=O)O)n(C)c13)CCCOc1cc(cc3cc(F)ccc13)CCc1cc(nn1C)COC2. The highest BCUT2D eigenvalue weighted by Crippen LogP contribution is 2.42. The standard InChI is InChI=1S/C40H43ClFN5O6/c1-24-36-34(44-47(24)13-15-51-17-16-50-4)23-52-22-28-21-29(46(3)43-28)9-7-25-18-26-20-27(42)8-10-30(26)35(19-25)53-14-5-6-31-32-11-12-33(41)37(36)38(32)45(2)39(31)40(48)49/h8,10-12,18-21H,5-7,9,13-17,22-23H2,1-4H3,(H,48,49). The van der Waals surface area contributed by atoms with Crippen LogP contribution in [0.15, 0.2) is 48.5 Å². The highest BCUT2D eigenvalue weighted by atomic mass is 35.5. The largest absolute Gasteiger partial charge is 0.493 e. The van der Waals surface area contributed by atoms with Gasteiger partial charge in [0.2, 0.25) is 0 Å². The van der Waals surface area contributed by atoms with Crippen LogP contribution in [-0.4, -0.2) is 68.7 Å². The summed E-state index contributed by atoms with van der Waals surface area (Å²) in [5.74, 6) is -0.681. The van der Waals surface area contributed by atoms with E-state index in [1.165, 1.54) is 12.1 Å². The molecule has 278 valence electrons. The second kappa shape index (κ2) is 15.7. The third-order valence-electron chi connectivity index (χ3n) is 9.97. The third kappa shape index (κ3) is 7.41. The molecule has 8 bridgehead atoms. The third-order valence-corrected chi connectivity index (χ3v) is 10.3. The first kappa shape index (κ1) is 36.6. The molecular formula is C40H43ClFN5O6. The van der Waals surface area contributed by atoms with Crippen molar-refractivity contribution in [1.82, 2.24) is 24.1 Å². The number of aromatic carboxylic acids is 1. The van der Waals surface area contributed by atoms with Crippen molar-refractivity contribution in [1.29, 1.82) is 0 Å². The summed E-state index contributed by atoms with van der Waals surface area (Å²) in [5, 5.41) is 23.1. The van der Waals surface area contributed by atoms with Gasteiger partial charge >= 0.3 is 5.97 Å². The molecule has 4 heterocycles. The van der Waals surface area contributed by atoms with Crippen molar-refractivity contribution in [3.05, 3.63) is 99.0 Å². The number of nitrogens with zero attached hydrogens (tertiary/aromatic N) is 5. The Balaban J connectivity index is 1.33. The maximum Gasteiger partial charge on any atom is 0.352 e. The molecule has 7 rings (SSSR count). The van der Waals surface area contributed by atoms with Gasteiger partial charge in [0.25, 0.3) is 0 Å². The van der Waals surface area contributed by atoms with Gasteiger partial charge in [0, 0.05) is 54.5 Å². The number of carboxylic acids is 1. The fraction of sp³-hybridized carbons (Fsp3) is 0.375. The molecule has 1 N–H and O–H groups in total. The monoisotopic (exact) mass is 743 g/mol. The fourth-order valence-corrected chi connectivity index (χ4v) is 7.72. The molecule has 0 aliphatic carbocycles. The average Bonchev–Trinajstić information content (AvgIpc) is 3.74. The van der Waals surface area contributed by atoms with Crippen molar-refractivity contribution in [2.45, 2.75) is 52.4 Å². The number of rotatable bonds is 7. The van der Waals surface area contributed by atoms with Crippen LogP contribution in [0.25, 0.3) is 32.8 Å². The number of benzene rings is 3. The quantitative estimate of drug-likeness (QED) is 0.171. The van der Waals surface area contributed by atoms with Crippen molar-refractivity contribution in [3.63, 3.8) is 0 Å². The van der Waals surface area contributed by atoms with Crippen LogP contribution >= 0.6 is 11.6 Å². The summed E-state index contributed by atoms with van der Waals surface area (Å²) in [6, 6.07) is 14.5. The Labute approximate surface area is 311 Å². The summed E-state index contributed by atoms with van der Waals surface area (Å²) in [7, 11) is 5.32. The number of carboxylic acid groups (broad SMARTS) is 1. The minimum absolute atomic E-state index is 0.170. The molecule has 3 aromatic heterocycles. The first-order chi connectivity index (χ1) is 25.6. The lowest BCUT2D eigenvalue weighted by Crippen LogP contribution is -2.11. The molecule has 0 atom stereocenters. The van der Waals surface area contributed by atoms with Gasteiger partial charge < -0.3 is 28.6 Å². The van der Waals surface area contributed by atoms with E-state index in [4.69, 9.17) is 40.7 Å². The Hall–Kier alpha value is -4.75. The molecule has 0 saturated heterocycles. The number of hydrogen-bond acceptors (Lipinski definition) is 7. The maximum absolute atomic E-state index is 14.4. The van der Waals surface area contributed by atoms with E-state index in [1.54, 1.807) is 24.8 Å². The number of aryl methyl sites for hydroxylation is 5. The van der Waals surface area contributed by atoms with Gasteiger partial charge in [0.15, 0.2) is 0 Å². The number of aromatic nitrogens is 5. The van der Waals surface area contributed by atoms with E-state index in [-0.39, 0.29) is 24.7 Å². The first-order valence-corrected chi connectivity index (χ1v) is 18.1. The molecule has 11 nitrogen and oxygen atoms in total. The molecule has 6 aromatic rings. The van der Waals surface area contributed by atoms with Crippen molar-refractivity contribution < 1.29 is 33.2 Å². The minimum atomic E-state index is -1.03. The summed E-state index contributed by atoms with van der Waals surface area (Å²) >= 11 is 7.06. The number of carbonyl (C=O) groups is 1. The van der Waals surface area contributed by atoms with Crippen LogP contribution in [-0.2, 0) is 67.3 Å². The molecule has 1 aliphatic rings.